The van der Waals surface area contributed by atoms with Crippen molar-refractivity contribution in [1.82, 2.24) is 9.97 Å². The van der Waals surface area contributed by atoms with Crippen LogP contribution in [0, 0.1) is 0 Å². The van der Waals surface area contributed by atoms with Crippen molar-refractivity contribution in [2.45, 2.75) is 10.1 Å². The Labute approximate surface area is 116 Å². The van der Waals surface area contributed by atoms with Crippen LogP contribution in [0.15, 0.2) is 45.0 Å². The fraction of sp³-hybridized carbons (Fsp3) is 0. The predicted octanol–water partition coefficient (Wildman–Crippen LogP) is 2.07. The third kappa shape index (κ3) is 2.99. The van der Waals surface area contributed by atoms with Crippen molar-refractivity contribution < 1.29 is 4.79 Å². The zero-order chi connectivity index (χ0) is 13.1. The maximum absolute atomic E-state index is 11.0. The third-order valence-corrected chi connectivity index (χ3v) is 3.48. The number of nitrogens with zero attached hydrogens (tertiary/aromatic N) is 2. The number of rotatable bonds is 3. The summed E-state index contributed by atoms with van der Waals surface area (Å²) in [5, 5.41) is 1.25. The molecule has 2 heterocycles. The molecule has 2 aromatic heterocycles. The van der Waals surface area contributed by atoms with Gasteiger partial charge in [-0.2, -0.15) is 0 Å². The number of carbonyl (C=O) groups excluding carboxylic acids is 1. The highest BCUT2D eigenvalue weighted by Crippen LogP contribution is 2.29. The zero-order valence-corrected chi connectivity index (χ0v) is 11.5. The van der Waals surface area contributed by atoms with Crippen LogP contribution in [-0.2, 0) is 0 Å². The number of aromatic nitrogens is 2. The van der Waals surface area contributed by atoms with Gasteiger partial charge in [0, 0.05) is 10.7 Å². The molecule has 2 aromatic rings. The largest absolute Gasteiger partial charge is 0.397 e. The zero-order valence-electron chi connectivity index (χ0n) is 9.13. The molecule has 1 amide bonds. The van der Waals surface area contributed by atoms with Crippen LogP contribution in [-0.4, -0.2) is 15.9 Å². The quantitative estimate of drug-likeness (QED) is 0.901. The van der Waals surface area contributed by atoms with Crippen LogP contribution in [0.4, 0.5) is 5.69 Å². The van der Waals surface area contributed by atoms with E-state index in [2.05, 4.69) is 25.9 Å². The summed E-state index contributed by atoms with van der Waals surface area (Å²) >= 11 is 4.58. The van der Waals surface area contributed by atoms with Gasteiger partial charge < -0.3 is 11.5 Å². The van der Waals surface area contributed by atoms with E-state index < -0.39 is 5.91 Å². The lowest BCUT2D eigenvalue weighted by molar-refractivity contribution is 0.0995. The van der Waals surface area contributed by atoms with Gasteiger partial charge in [-0.3, -0.25) is 4.79 Å². The molecule has 18 heavy (non-hydrogen) atoms. The number of primary amides is 1. The number of halogens is 1. The van der Waals surface area contributed by atoms with Crippen molar-refractivity contribution in [3.8, 4) is 0 Å². The highest BCUT2D eigenvalue weighted by Gasteiger charge is 2.09. The second-order valence-corrected chi connectivity index (χ2v) is 5.30. The number of anilines is 1. The van der Waals surface area contributed by atoms with Crippen LogP contribution in [0.1, 0.15) is 10.5 Å². The Kier molecular flexibility index (Phi) is 3.83. The normalized spacial score (nSPS) is 10.3. The van der Waals surface area contributed by atoms with Crippen molar-refractivity contribution in [3.63, 3.8) is 0 Å². The summed E-state index contributed by atoms with van der Waals surface area (Å²) in [6.45, 7) is 0. The van der Waals surface area contributed by atoms with E-state index in [1.807, 2.05) is 12.1 Å². The van der Waals surface area contributed by atoms with Gasteiger partial charge in [0.15, 0.2) is 0 Å². The maximum atomic E-state index is 11.0. The van der Waals surface area contributed by atoms with Crippen LogP contribution in [0.25, 0.3) is 0 Å². The Morgan fingerprint density at radius 1 is 1.28 bits per heavy atom. The van der Waals surface area contributed by atoms with Crippen LogP contribution in [0.5, 0.6) is 0 Å². The van der Waals surface area contributed by atoms with E-state index in [4.69, 9.17) is 11.5 Å². The molecule has 5 nitrogen and oxygen atoms in total. The van der Waals surface area contributed by atoms with Crippen molar-refractivity contribution in [2.24, 2.45) is 5.73 Å². The number of hydrogen-bond donors (Lipinski definition) is 2. The molecule has 0 spiro atoms. The molecule has 4 N–H and O–H groups in total. The fourth-order valence-electron chi connectivity index (χ4n) is 1.19. The lowest BCUT2D eigenvalue weighted by atomic mass is 10.3. The highest BCUT2D eigenvalue weighted by molar-refractivity contribution is 9.10. The molecule has 0 atom stereocenters. The first kappa shape index (κ1) is 12.8. The van der Waals surface area contributed by atoms with Gasteiger partial charge in [-0.25, -0.2) is 9.97 Å². The molecule has 0 aliphatic carbocycles. The van der Waals surface area contributed by atoms with Crippen molar-refractivity contribution in [1.29, 1.82) is 0 Å². The first-order valence-corrected chi connectivity index (χ1v) is 6.53. The molecule has 0 radical (unpaired) electrons. The summed E-state index contributed by atoms with van der Waals surface area (Å²) < 4.78 is 0.888. The Balaban J connectivity index is 2.30. The van der Waals surface area contributed by atoms with E-state index in [0.717, 1.165) is 9.50 Å². The highest BCUT2D eigenvalue weighted by atomic mass is 79.9. The predicted molar refractivity (Wildman–Crippen MR) is 73.2 cm³/mol. The number of pyridine rings is 2. The molecule has 7 heteroatoms. The number of nitrogen functional groups attached to an aromatic ring is 1. The minimum Gasteiger partial charge on any atom is -0.397 e. The van der Waals surface area contributed by atoms with Gasteiger partial charge >= 0.3 is 0 Å². The summed E-state index contributed by atoms with van der Waals surface area (Å²) in [7, 11) is 0. The lowest BCUT2D eigenvalue weighted by Gasteiger charge is -2.05. The maximum Gasteiger partial charge on any atom is 0.267 e. The minimum absolute atomic E-state index is 0.184. The van der Waals surface area contributed by atoms with E-state index in [1.165, 1.54) is 17.8 Å². The second kappa shape index (κ2) is 5.36. The molecule has 92 valence electrons. The van der Waals surface area contributed by atoms with Gasteiger partial charge in [-0.1, -0.05) is 0 Å². The van der Waals surface area contributed by atoms with Crippen LogP contribution in [0.3, 0.4) is 0 Å². The molecule has 0 unspecified atom stereocenters. The minimum atomic E-state index is -0.583. The number of carbonyl (C=O) groups is 1. The molecule has 0 fully saturated rings. The number of hydrogen-bond acceptors (Lipinski definition) is 5. The molecule has 0 bridgehead atoms. The van der Waals surface area contributed by atoms with Crippen LogP contribution >= 0.6 is 27.7 Å². The van der Waals surface area contributed by atoms with Crippen molar-refractivity contribution in [2.75, 3.05) is 5.73 Å². The molecule has 2 rings (SSSR count). The van der Waals surface area contributed by atoms with Gasteiger partial charge in [0.2, 0.25) is 0 Å². The Hall–Kier alpha value is -1.60. The topological polar surface area (TPSA) is 94.9 Å². The Morgan fingerprint density at radius 2 is 2.06 bits per heavy atom. The van der Waals surface area contributed by atoms with Gasteiger partial charge in [-0.05, 0) is 52.0 Å². The molecular weight excluding hydrogens is 316 g/mol. The molecule has 0 aliphatic heterocycles. The van der Waals surface area contributed by atoms with E-state index in [-0.39, 0.29) is 5.69 Å². The molecule has 0 saturated heterocycles. The second-order valence-electron chi connectivity index (χ2n) is 3.37. The van der Waals surface area contributed by atoms with Crippen LogP contribution < -0.4 is 11.5 Å². The number of nitrogens with two attached hydrogens (primary N) is 2. The first-order chi connectivity index (χ1) is 8.56. The third-order valence-electron chi connectivity index (χ3n) is 2.04. The molecule has 0 aromatic carbocycles. The molecular formula is C11H9BrN4OS. The van der Waals surface area contributed by atoms with Gasteiger partial charge in [0.05, 0.1) is 5.69 Å². The van der Waals surface area contributed by atoms with Gasteiger partial charge in [0.25, 0.3) is 5.91 Å². The Bertz CT molecular complexity index is 588. The van der Waals surface area contributed by atoms with E-state index in [9.17, 15) is 4.79 Å². The summed E-state index contributed by atoms with van der Waals surface area (Å²) in [5.41, 5.74) is 11.6. The summed E-state index contributed by atoms with van der Waals surface area (Å²) in [4.78, 5) is 19.3. The van der Waals surface area contributed by atoms with E-state index in [0.29, 0.717) is 10.7 Å². The standard InChI is InChI=1S/C11H9BrN4OS/c12-6-1-4-9(15-5-6)18-11-7(13)2-3-8(16-11)10(14)17/h1-5H,13H2,(H2,14,17). The van der Waals surface area contributed by atoms with Crippen LogP contribution in [0.2, 0.25) is 0 Å². The monoisotopic (exact) mass is 324 g/mol. The smallest absolute Gasteiger partial charge is 0.267 e. The summed E-state index contributed by atoms with van der Waals surface area (Å²) in [6.07, 6.45) is 1.68. The van der Waals surface area contributed by atoms with Crippen molar-refractivity contribution in [3.05, 3.63) is 40.6 Å². The lowest BCUT2D eigenvalue weighted by Crippen LogP contribution is -2.13. The van der Waals surface area contributed by atoms with Gasteiger partial charge in [0.1, 0.15) is 15.7 Å². The Morgan fingerprint density at radius 3 is 2.67 bits per heavy atom. The molecule has 0 saturated carbocycles. The van der Waals surface area contributed by atoms with E-state index >= 15 is 0 Å². The average molecular weight is 325 g/mol. The van der Waals surface area contributed by atoms with E-state index in [1.54, 1.807) is 12.3 Å². The summed E-state index contributed by atoms with van der Waals surface area (Å²) in [5.74, 6) is -0.583. The van der Waals surface area contributed by atoms with Crippen molar-refractivity contribution >= 4 is 39.3 Å². The first-order valence-electron chi connectivity index (χ1n) is 4.92. The average Bonchev–Trinajstić information content (AvgIpc) is 2.34. The SMILES string of the molecule is NC(=O)c1ccc(N)c(Sc2ccc(Br)cn2)n1. The van der Waals surface area contributed by atoms with Gasteiger partial charge in [-0.15, -0.1) is 0 Å². The fourth-order valence-corrected chi connectivity index (χ4v) is 2.20. The summed E-state index contributed by atoms with van der Waals surface area (Å²) in [6, 6.07) is 6.79. The molecule has 0 aliphatic rings. The number of amides is 1.